The molecule has 0 radical (unpaired) electrons. The molecular weight excluding hydrogens is 344 g/mol. The van der Waals surface area contributed by atoms with Crippen LogP contribution in [0.4, 0.5) is 0 Å². The van der Waals surface area contributed by atoms with Crippen LogP contribution in [0.25, 0.3) is 0 Å². The Morgan fingerprint density at radius 2 is 1.67 bits per heavy atom. The van der Waals surface area contributed by atoms with Gasteiger partial charge in [-0.05, 0) is 33.1 Å². The summed E-state index contributed by atoms with van der Waals surface area (Å²) < 4.78 is 0. The van der Waals surface area contributed by atoms with Crippen molar-refractivity contribution < 1.29 is 14.4 Å². The minimum Gasteiger partial charge on any atom is -0.344 e. The fraction of sp³-hybridized carbons (Fsp3) is 0.850. The van der Waals surface area contributed by atoms with E-state index in [1.54, 1.807) is 11.8 Å². The van der Waals surface area contributed by atoms with Gasteiger partial charge in [0, 0.05) is 44.2 Å². The van der Waals surface area contributed by atoms with Crippen LogP contribution >= 0.6 is 0 Å². The van der Waals surface area contributed by atoms with E-state index in [2.05, 4.69) is 17.1 Å². The maximum Gasteiger partial charge on any atom is 0.244 e. The molecule has 2 atom stereocenters. The van der Waals surface area contributed by atoms with Crippen LogP contribution in [0.3, 0.4) is 0 Å². The lowest BCUT2D eigenvalue weighted by Crippen LogP contribution is -2.56. The van der Waals surface area contributed by atoms with Gasteiger partial charge in [-0.1, -0.05) is 20.8 Å². The average Bonchev–Trinajstić information content (AvgIpc) is 2.61. The quantitative estimate of drug-likeness (QED) is 0.792. The van der Waals surface area contributed by atoms with E-state index < -0.39 is 11.5 Å². The molecule has 2 heterocycles. The number of amides is 3. The van der Waals surface area contributed by atoms with Gasteiger partial charge in [0.1, 0.15) is 6.04 Å². The molecule has 2 saturated heterocycles. The van der Waals surface area contributed by atoms with Crippen LogP contribution in [0.2, 0.25) is 0 Å². The van der Waals surface area contributed by atoms with E-state index >= 15 is 0 Å². The second-order valence-corrected chi connectivity index (χ2v) is 8.98. The van der Waals surface area contributed by atoms with Gasteiger partial charge in [-0.2, -0.15) is 0 Å². The molecule has 27 heavy (non-hydrogen) atoms. The minimum atomic E-state index is -0.529. The van der Waals surface area contributed by atoms with Crippen molar-refractivity contribution in [2.75, 3.05) is 39.3 Å². The lowest BCUT2D eigenvalue weighted by atomic mass is 9.95. The van der Waals surface area contributed by atoms with Crippen molar-refractivity contribution in [1.29, 1.82) is 0 Å². The van der Waals surface area contributed by atoms with E-state index in [1.807, 2.05) is 25.7 Å². The van der Waals surface area contributed by atoms with Gasteiger partial charge in [0.15, 0.2) is 0 Å². The monoisotopic (exact) mass is 380 g/mol. The van der Waals surface area contributed by atoms with E-state index in [9.17, 15) is 14.4 Å². The van der Waals surface area contributed by atoms with Crippen LogP contribution in [-0.4, -0.2) is 83.8 Å². The summed E-state index contributed by atoms with van der Waals surface area (Å²) in [6, 6.07) is -0.194. The van der Waals surface area contributed by atoms with Crippen LogP contribution in [0.5, 0.6) is 0 Å². The minimum absolute atomic E-state index is 0.0526. The SMILES string of the molecule is CC(NC(=O)C(C)(C)C)C(=O)N1CCN(CC(=O)N2CCCCC2C)CC1. The molecule has 2 aliphatic rings. The zero-order valence-electron chi connectivity index (χ0n) is 17.6. The average molecular weight is 381 g/mol. The summed E-state index contributed by atoms with van der Waals surface area (Å²) >= 11 is 0. The van der Waals surface area contributed by atoms with Gasteiger partial charge in [-0.15, -0.1) is 0 Å². The molecule has 2 unspecified atom stereocenters. The number of nitrogens with zero attached hydrogens (tertiary/aromatic N) is 3. The largest absolute Gasteiger partial charge is 0.344 e. The topological polar surface area (TPSA) is 73.0 Å². The van der Waals surface area contributed by atoms with E-state index in [0.717, 1.165) is 19.4 Å². The fourth-order valence-corrected chi connectivity index (χ4v) is 3.63. The number of rotatable bonds is 4. The molecule has 2 fully saturated rings. The second kappa shape index (κ2) is 9.04. The predicted molar refractivity (Wildman–Crippen MR) is 105 cm³/mol. The Labute approximate surface area is 163 Å². The number of carbonyl (C=O) groups excluding carboxylic acids is 3. The van der Waals surface area contributed by atoms with Gasteiger partial charge in [-0.3, -0.25) is 19.3 Å². The fourth-order valence-electron chi connectivity index (χ4n) is 3.63. The van der Waals surface area contributed by atoms with Crippen LogP contribution < -0.4 is 5.32 Å². The number of piperidine rings is 1. The van der Waals surface area contributed by atoms with Crippen molar-refractivity contribution in [2.24, 2.45) is 5.41 Å². The Morgan fingerprint density at radius 1 is 1.04 bits per heavy atom. The van der Waals surface area contributed by atoms with Crippen LogP contribution in [0.15, 0.2) is 0 Å². The maximum absolute atomic E-state index is 12.6. The highest BCUT2D eigenvalue weighted by Gasteiger charge is 2.30. The summed E-state index contributed by atoms with van der Waals surface area (Å²) in [6.45, 7) is 13.2. The number of hydrogen-bond donors (Lipinski definition) is 1. The smallest absolute Gasteiger partial charge is 0.244 e. The standard InChI is InChI=1S/C20H36N4O3/c1-15-8-6-7-9-24(15)17(25)14-22-10-12-23(13-11-22)18(26)16(2)21-19(27)20(3,4)5/h15-16H,6-14H2,1-5H3,(H,21,27). The molecule has 2 rings (SSSR count). The van der Waals surface area contributed by atoms with Crippen molar-refractivity contribution in [1.82, 2.24) is 20.0 Å². The highest BCUT2D eigenvalue weighted by molar-refractivity contribution is 5.89. The van der Waals surface area contributed by atoms with Crippen LogP contribution in [-0.2, 0) is 14.4 Å². The second-order valence-electron chi connectivity index (χ2n) is 8.98. The Morgan fingerprint density at radius 3 is 2.22 bits per heavy atom. The predicted octanol–water partition coefficient (Wildman–Crippen LogP) is 1.08. The lowest BCUT2D eigenvalue weighted by Gasteiger charge is -2.38. The number of piperazine rings is 1. The first-order valence-corrected chi connectivity index (χ1v) is 10.2. The Bertz CT molecular complexity index is 550. The first kappa shape index (κ1) is 21.7. The molecule has 0 saturated carbocycles. The molecule has 1 N–H and O–H groups in total. The molecule has 3 amide bonds. The number of nitrogens with one attached hydrogen (secondary N) is 1. The van der Waals surface area contributed by atoms with Crippen molar-refractivity contribution in [2.45, 2.75) is 66.0 Å². The molecule has 0 aromatic rings. The normalized spacial score (nSPS) is 23.1. The summed E-state index contributed by atoms with van der Waals surface area (Å²) in [5, 5.41) is 2.80. The van der Waals surface area contributed by atoms with E-state index in [0.29, 0.717) is 38.8 Å². The number of hydrogen-bond acceptors (Lipinski definition) is 4. The third-order valence-corrected chi connectivity index (χ3v) is 5.57. The number of carbonyl (C=O) groups is 3. The Kier molecular flexibility index (Phi) is 7.25. The third-order valence-electron chi connectivity index (χ3n) is 5.57. The maximum atomic E-state index is 12.6. The molecule has 7 heteroatoms. The summed E-state index contributed by atoms with van der Waals surface area (Å²) in [5.74, 6) is 0.0271. The van der Waals surface area contributed by atoms with Gasteiger partial charge < -0.3 is 15.1 Å². The Hall–Kier alpha value is -1.63. The third kappa shape index (κ3) is 5.92. The first-order chi connectivity index (χ1) is 12.6. The molecule has 2 aliphatic heterocycles. The van der Waals surface area contributed by atoms with Crippen LogP contribution in [0, 0.1) is 5.41 Å². The lowest BCUT2D eigenvalue weighted by molar-refractivity contribution is -0.140. The molecule has 154 valence electrons. The molecule has 0 aromatic carbocycles. The Balaban J connectivity index is 1.78. The molecule has 0 bridgehead atoms. The molecule has 7 nitrogen and oxygen atoms in total. The number of likely N-dealkylation sites (tertiary alicyclic amines) is 1. The van der Waals surface area contributed by atoms with Gasteiger partial charge in [-0.25, -0.2) is 0 Å². The molecule has 0 aliphatic carbocycles. The van der Waals surface area contributed by atoms with E-state index in [-0.39, 0.29) is 17.7 Å². The van der Waals surface area contributed by atoms with Crippen molar-refractivity contribution >= 4 is 17.7 Å². The van der Waals surface area contributed by atoms with E-state index in [4.69, 9.17) is 0 Å². The van der Waals surface area contributed by atoms with E-state index in [1.165, 1.54) is 6.42 Å². The summed E-state index contributed by atoms with van der Waals surface area (Å²) in [7, 11) is 0. The highest BCUT2D eigenvalue weighted by Crippen LogP contribution is 2.17. The van der Waals surface area contributed by atoms with Crippen molar-refractivity contribution in [3.05, 3.63) is 0 Å². The molecule has 0 spiro atoms. The first-order valence-electron chi connectivity index (χ1n) is 10.2. The summed E-state index contributed by atoms with van der Waals surface area (Å²) in [6.07, 6.45) is 3.39. The van der Waals surface area contributed by atoms with Gasteiger partial charge in [0.25, 0.3) is 0 Å². The zero-order chi connectivity index (χ0) is 20.2. The zero-order valence-corrected chi connectivity index (χ0v) is 17.6. The summed E-state index contributed by atoms with van der Waals surface area (Å²) in [4.78, 5) is 43.2. The van der Waals surface area contributed by atoms with Gasteiger partial charge in [0.05, 0.1) is 6.54 Å². The molecular formula is C20H36N4O3. The van der Waals surface area contributed by atoms with Gasteiger partial charge >= 0.3 is 0 Å². The summed E-state index contributed by atoms with van der Waals surface area (Å²) in [5.41, 5.74) is -0.515. The molecule has 0 aromatic heterocycles. The van der Waals surface area contributed by atoms with Crippen LogP contribution in [0.1, 0.15) is 53.9 Å². The van der Waals surface area contributed by atoms with Crippen molar-refractivity contribution in [3.63, 3.8) is 0 Å². The van der Waals surface area contributed by atoms with Crippen molar-refractivity contribution in [3.8, 4) is 0 Å². The van der Waals surface area contributed by atoms with Gasteiger partial charge in [0.2, 0.25) is 17.7 Å². The highest BCUT2D eigenvalue weighted by atomic mass is 16.2.